The third-order valence-corrected chi connectivity index (χ3v) is 3.72. The zero-order valence-electron chi connectivity index (χ0n) is 12.3. The normalized spacial score (nSPS) is 10.8. The van der Waals surface area contributed by atoms with Crippen molar-refractivity contribution in [3.8, 4) is 11.3 Å². The fraction of sp³-hybridized carbons (Fsp3) is 0.118. The van der Waals surface area contributed by atoms with Gasteiger partial charge in [-0.1, -0.05) is 0 Å². The summed E-state index contributed by atoms with van der Waals surface area (Å²) in [4.78, 5) is 30.3. The lowest BCUT2D eigenvalue weighted by Crippen LogP contribution is -2.13. The number of H-pyrrole nitrogens is 1. The molecule has 0 aliphatic heterocycles. The largest absolute Gasteiger partial charge is 0.366 e. The maximum Gasteiger partial charge on any atom is 0.250 e. The van der Waals surface area contributed by atoms with E-state index in [-0.39, 0.29) is 5.56 Å². The number of carbonyl (C=O) groups is 1. The molecule has 0 atom stereocenters. The zero-order valence-corrected chi connectivity index (χ0v) is 12.3. The summed E-state index contributed by atoms with van der Waals surface area (Å²) in [5.41, 5.74) is 9.62. The van der Waals surface area contributed by atoms with Crippen LogP contribution in [0.15, 0.2) is 41.3 Å². The van der Waals surface area contributed by atoms with Crippen LogP contribution in [0.2, 0.25) is 0 Å². The fourth-order valence-corrected chi connectivity index (χ4v) is 2.65. The van der Waals surface area contributed by atoms with E-state index in [9.17, 15) is 9.59 Å². The minimum Gasteiger partial charge on any atom is -0.366 e. The number of rotatable bonds is 2. The number of nitrogens with one attached hydrogen (secondary N) is 1. The van der Waals surface area contributed by atoms with Gasteiger partial charge in [-0.25, -0.2) is 0 Å². The van der Waals surface area contributed by atoms with Crippen molar-refractivity contribution in [3.05, 3.63) is 63.6 Å². The number of aromatic nitrogens is 2. The highest BCUT2D eigenvalue weighted by Crippen LogP contribution is 2.29. The number of hydrogen-bond acceptors (Lipinski definition) is 3. The molecule has 3 N–H and O–H groups in total. The first kappa shape index (κ1) is 14.0. The number of hydrogen-bond donors (Lipinski definition) is 2. The van der Waals surface area contributed by atoms with Crippen LogP contribution in [0.3, 0.4) is 0 Å². The first-order valence-corrected chi connectivity index (χ1v) is 6.87. The van der Waals surface area contributed by atoms with Gasteiger partial charge in [-0.2, -0.15) is 0 Å². The van der Waals surface area contributed by atoms with Gasteiger partial charge in [-0.3, -0.25) is 14.6 Å². The molecular weight excluding hydrogens is 278 g/mol. The summed E-state index contributed by atoms with van der Waals surface area (Å²) in [6.07, 6.45) is 1.63. The van der Waals surface area contributed by atoms with E-state index >= 15 is 0 Å². The van der Waals surface area contributed by atoms with Crippen LogP contribution in [0.25, 0.3) is 22.2 Å². The van der Waals surface area contributed by atoms with E-state index in [1.54, 1.807) is 24.4 Å². The molecule has 0 aliphatic rings. The molecule has 0 radical (unpaired) electrons. The van der Waals surface area contributed by atoms with Crippen LogP contribution >= 0.6 is 0 Å². The number of aromatic amines is 1. The van der Waals surface area contributed by atoms with E-state index in [1.807, 2.05) is 26.0 Å². The highest BCUT2D eigenvalue weighted by molar-refractivity contribution is 6.00. The Hall–Kier alpha value is -2.95. The van der Waals surface area contributed by atoms with Crippen molar-refractivity contribution in [2.45, 2.75) is 13.8 Å². The topological polar surface area (TPSA) is 88.8 Å². The molecule has 3 aromatic rings. The number of fused-ring (bicyclic) bond motifs is 1. The van der Waals surface area contributed by atoms with E-state index in [0.717, 1.165) is 27.6 Å². The van der Waals surface area contributed by atoms with Crippen LogP contribution in [0.5, 0.6) is 0 Å². The highest BCUT2D eigenvalue weighted by atomic mass is 16.1. The van der Waals surface area contributed by atoms with Gasteiger partial charge < -0.3 is 10.7 Å². The van der Waals surface area contributed by atoms with Gasteiger partial charge in [0.2, 0.25) is 5.56 Å². The lowest BCUT2D eigenvalue weighted by Gasteiger charge is -2.11. The molecule has 0 unspecified atom stereocenters. The van der Waals surface area contributed by atoms with Crippen LogP contribution in [0.4, 0.5) is 0 Å². The Morgan fingerprint density at radius 2 is 1.95 bits per heavy atom. The minimum atomic E-state index is -0.513. The first-order chi connectivity index (χ1) is 10.5. The van der Waals surface area contributed by atoms with Gasteiger partial charge in [0.15, 0.2) is 0 Å². The SMILES string of the molecule is Cc1cc2[nH]c(=O)cc(C)c2cc1-c1ncccc1C(N)=O. The molecule has 2 aromatic heterocycles. The Kier molecular flexibility index (Phi) is 3.25. The van der Waals surface area contributed by atoms with Crippen molar-refractivity contribution < 1.29 is 4.79 Å². The molecule has 110 valence electrons. The van der Waals surface area contributed by atoms with E-state index in [0.29, 0.717) is 11.3 Å². The van der Waals surface area contributed by atoms with Crippen LogP contribution < -0.4 is 11.3 Å². The molecule has 0 spiro atoms. The number of primary amides is 1. The molecule has 1 aromatic carbocycles. The summed E-state index contributed by atoms with van der Waals surface area (Å²) in [5.74, 6) is -0.513. The molecule has 0 saturated carbocycles. The Labute approximate surface area is 126 Å². The van der Waals surface area contributed by atoms with Crippen LogP contribution in [0, 0.1) is 13.8 Å². The van der Waals surface area contributed by atoms with Crippen molar-refractivity contribution in [3.63, 3.8) is 0 Å². The summed E-state index contributed by atoms with van der Waals surface area (Å²) in [7, 11) is 0. The molecule has 0 aliphatic carbocycles. The van der Waals surface area contributed by atoms with E-state index < -0.39 is 5.91 Å². The first-order valence-electron chi connectivity index (χ1n) is 6.87. The van der Waals surface area contributed by atoms with Crippen molar-refractivity contribution in [1.29, 1.82) is 0 Å². The van der Waals surface area contributed by atoms with Gasteiger partial charge in [0, 0.05) is 28.7 Å². The van der Waals surface area contributed by atoms with Crippen molar-refractivity contribution in [1.82, 2.24) is 9.97 Å². The number of nitrogens with zero attached hydrogens (tertiary/aromatic N) is 1. The average Bonchev–Trinajstić information content (AvgIpc) is 2.46. The second kappa shape index (κ2) is 5.11. The molecule has 0 bridgehead atoms. The van der Waals surface area contributed by atoms with Gasteiger partial charge in [-0.15, -0.1) is 0 Å². The highest BCUT2D eigenvalue weighted by Gasteiger charge is 2.14. The predicted molar refractivity (Wildman–Crippen MR) is 85.8 cm³/mol. The number of nitrogens with two attached hydrogens (primary N) is 1. The summed E-state index contributed by atoms with van der Waals surface area (Å²) in [6, 6.07) is 8.72. The number of carbonyl (C=O) groups excluding carboxylic acids is 1. The van der Waals surface area contributed by atoms with Crippen LogP contribution in [0.1, 0.15) is 21.5 Å². The second-order valence-corrected chi connectivity index (χ2v) is 5.29. The molecule has 5 nitrogen and oxygen atoms in total. The summed E-state index contributed by atoms with van der Waals surface area (Å²) in [6.45, 7) is 3.79. The Morgan fingerprint density at radius 3 is 2.68 bits per heavy atom. The van der Waals surface area contributed by atoms with Crippen molar-refractivity contribution in [2.24, 2.45) is 5.73 Å². The number of amides is 1. The predicted octanol–water partition coefficient (Wildman–Crippen LogP) is 2.31. The van der Waals surface area contributed by atoms with Gasteiger partial charge in [0.1, 0.15) is 0 Å². The maximum atomic E-state index is 11.6. The van der Waals surface area contributed by atoms with E-state index in [1.165, 1.54) is 0 Å². The number of pyridine rings is 2. The Morgan fingerprint density at radius 1 is 1.18 bits per heavy atom. The summed E-state index contributed by atoms with van der Waals surface area (Å²) in [5, 5.41) is 0.918. The fourth-order valence-electron chi connectivity index (χ4n) is 2.65. The smallest absolute Gasteiger partial charge is 0.250 e. The lowest BCUT2D eigenvalue weighted by atomic mass is 9.97. The van der Waals surface area contributed by atoms with Crippen LogP contribution in [-0.2, 0) is 0 Å². The Bertz CT molecular complexity index is 958. The Balaban J connectivity index is 2.35. The average molecular weight is 293 g/mol. The quantitative estimate of drug-likeness (QED) is 0.759. The summed E-state index contributed by atoms with van der Waals surface area (Å²) < 4.78 is 0. The van der Waals surface area contributed by atoms with Crippen LogP contribution in [-0.4, -0.2) is 15.9 Å². The summed E-state index contributed by atoms with van der Waals surface area (Å²) >= 11 is 0. The molecule has 2 heterocycles. The molecule has 0 saturated heterocycles. The maximum absolute atomic E-state index is 11.6. The van der Waals surface area contributed by atoms with Gasteiger partial charge in [0.25, 0.3) is 5.91 Å². The van der Waals surface area contributed by atoms with Crippen molar-refractivity contribution >= 4 is 16.8 Å². The van der Waals surface area contributed by atoms with Gasteiger partial charge in [0.05, 0.1) is 11.3 Å². The minimum absolute atomic E-state index is 0.132. The lowest BCUT2D eigenvalue weighted by molar-refractivity contribution is 0.100. The number of benzene rings is 1. The van der Waals surface area contributed by atoms with Gasteiger partial charge >= 0.3 is 0 Å². The van der Waals surface area contributed by atoms with Gasteiger partial charge in [-0.05, 0) is 49.2 Å². The molecule has 0 fully saturated rings. The van der Waals surface area contributed by atoms with E-state index in [2.05, 4.69) is 9.97 Å². The second-order valence-electron chi connectivity index (χ2n) is 5.29. The molecule has 1 amide bonds. The third-order valence-electron chi connectivity index (χ3n) is 3.72. The third kappa shape index (κ3) is 2.26. The molecule has 3 rings (SSSR count). The molecule has 22 heavy (non-hydrogen) atoms. The number of aryl methyl sites for hydroxylation is 2. The van der Waals surface area contributed by atoms with E-state index in [4.69, 9.17) is 5.73 Å². The molecular formula is C17H15N3O2. The van der Waals surface area contributed by atoms with Crippen molar-refractivity contribution in [2.75, 3.05) is 0 Å². The monoisotopic (exact) mass is 293 g/mol. The standard InChI is InChI=1S/C17H15N3O2/c1-9-6-14-12(10(2)7-15(21)20-14)8-13(9)16-11(17(18)22)4-3-5-19-16/h3-8H,1-2H3,(H2,18,22)(H,20,21). The molecule has 5 heteroatoms. The zero-order chi connectivity index (χ0) is 15.9.